The summed E-state index contributed by atoms with van der Waals surface area (Å²) in [5.41, 5.74) is 0.495. The summed E-state index contributed by atoms with van der Waals surface area (Å²) in [7, 11) is -0.814. The number of hydrogen-bond donors (Lipinski definition) is 3. The van der Waals surface area contributed by atoms with Gasteiger partial charge in [-0.05, 0) is 50.1 Å². The monoisotopic (exact) mass is 660 g/mol. The van der Waals surface area contributed by atoms with Gasteiger partial charge in [-0.25, -0.2) is 9.97 Å². The van der Waals surface area contributed by atoms with Gasteiger partial charge in [0.05, 0.1) is 49.2 Å². The number of pyridine rings is 1. The summed E-state index contributed by atoms with van der Waals surface area (Å²) in [5.74, 6) is -1.16. The second-order valence-corrected chi connectivity index (χ2v) is 12.5. The van der Waals surface area contributed by atoms with Gasteiger partial charge in [0.15, 0.2) is 5.69 Å². The van der Waals surface area contributed by atoms with Gasteiger partial charge in [-0.15, -0.1) is 0 Å². The summed E-state index contributed by atoms with van der Waals surface area (Å²) >= 11 is 0. The van der Waals surface area contributed by atoms with E-state index in [0.717, 1.165) is 0 Å². The van der Waals surface area contributed by atoms with Gasteiger partial charge in [0.2, 0.25) is 5.95 Å². The number of ether oxygens (including phenoxy) is 1. The fourth-order valence-electron chi connectivity index (χ4n) is 4.65. The Hall–Kier alpha value is -4.53. The highest BCUT2D eigenvalue weighted by molar-refractivity contribution is 7.53. The number of aryl methyl sites for hydroxylation is 1. The number of carbonyl (C=O) groups excluding carboxylic acids is 1. The SMILES string of the molecule is CNC(=O)c1nc2ccc1Nc1nc(ncc1C(F)(F)F)Nc1ccc(cc1OC)C[P@@](=O)(OC(C)C)OCCCn1cc-2cn1. The van der Waals surface area contributed by atoms with Crippen LogP contribution in [0.15, 0.2) is 48.9 Å². The Morgan fingerprint density at radius 3 is 2.63 bits per heavy atom. The molecule has 13 nitrogen and oxygen atoms in total. The van der Waals surface area contributed by atoms with E-state index in [9.17, 15) is 22.5 Å². The molecule has 0 saturated carbocycles. The smallest absolute Gasteiger partial charge is 0.421 e. The van der Waals surface area contributed by atoms with E-state index >= 15 is 0 Å². The summed E-state index contributed by atoms with van der Waals surface area (Å²) in [5, 5.41) is 12.3. The third-order valence-electron chi connectivity index (χ3n) is 6.69. The number of carbonyl (C=O) groups is 1. The molecule has 1 aromatic carbocycles. The zero-order chi connectivity index (χ0) is 33.1. The van der Waals surface area contributed by atoms with Gasteiger partial charge >= 0.3 is 13.8 Å². The first kappa shape index (κ1) is 32.9. The number of nitrogens with one attached hydrogen (secondary N) is 3. The van der Waals surface area contributed by atoms with Crippen LogP contribution in [0.3, 0.4) is 0 Å². The van der Waals surface area contributed by atoms with E-state index in [-0.39, 0.29) is 42.0 Å². The number of rotatable bonds is 4. The second kappa shape index (κ2) is 13.4. The molecule has 4 aliphatic heterocycles. The predicted molar refractivity (Wildman–Crippen MR) is 164 cm³/mol. The molecule has 4 aliphatic rings. The number of hydrogen-bond acceptors (Lipinski definition) is 11. The van der Waals surface area contributed by atoms with E-state index in [1.54, 1.807) is 55.2 Å². The van der Waals surface area contributed by atoms with Crippen LogP contribution in [-0.4, -0.2) is 57.5 Å². The van der Waals surface area contributed by atoms with Gasteiger partial charge in [-0.1, -0.05) is 6.07 Å². The highest BCUT2D eigenvalue weighted by Gasteiger charge is 2.36. The average molecular weight is 661 g/mol. The van der Waals surface area contributed by atoms with Crippen LogP contribution in [0, 0.1) is 0 Å². The van der Waals surface area contributed by atoms with E-state index in [1.807, 2.05) is 0 Å². The normalized spacial score (nSPS) is 17.0. The topological polar surface area (TPSA) is 154 Å². The van der Waals surface area contributed by atoms with E-state index < -0.39 is 31.1 Å². The fraction of sp³-hybridized carbons (Fsp3) is 0.345. The lowest BCUT2D eigenvalue weighted by molar-refractivity contribution is -0.137. The fourth-order valence-corrected chi connectivity index (χ4v) is 6.57. The molecule has 8 bridgehead atoms. The predicted octanol–water partition coefficient (Wildman–Crippen LogP) is 6.15. The van der Waals surface area contributed by atoms with Gasteiger partial charge in [-0.2, -0.15) is 23.3 Å². The molecule has 17 heteroatoms. The van der Waals surface area contributed by atoms with Gasteiger partial charge in [0.25, 0.3) is 5.91 Å². The van der Waals surface area contributed by atoms with E-state index in [1.165, 1.54) is 20.2 Å². The van der Waals surface area contributed by atoms with Crippen molar-refractivity contribution in [1.82, 2.24) is 30.0 Å². The van der Waals surface area contributed by atoms with E-state index in [0.29, 0.717) is 41.7 Å². The number of methoxy groups -OCH3 is 1. The highest BCUT2D eigenvalue weighted by atomic mass is 31.2. The summed E-state index contributed by atoms with van der Waals surface area (Å²) in [6.07, 6.45) is -0.910. The molecule has 1 atom stereocenters. The van der Waals surface area contributed by atoms with E-state index in [2.05, 4.69) is 36.0 Å². The Morgan fingerprint density at radius 2 is 1.91 bits per heavy atom. The van der Waals surface area contributed by atoms with Gasteiger partial charge < -0.3 is 29.7 Å². The minimum absolute atomic E-state index is 0.0140. The zero-order valence-electron chi connectivity index (χ0n) is 25.4. The third kappa shape index (κ3) is 7.63. The van der Waals surface area contributed by atoms with Crippen molar-refractivity contribution >= 4 is 36.6 Å². The Morgan fingerprint density at radius 1 is 1.13 bits per heavy atom. The Balaban J connectivity index is 1.62. The largest absolute Gasteiger partial charge is 0.495 e. The lowest BCUT2D eigenvalue weighted by Gasteiger charge is -2.21. The Kier molecular flexibility index (Phi) is 9.60. The molecule has 46 heavy (non-hydrogen) atoms. The Bertz CT molecular complexity index is 1780. The molecule has 1 amide bonds. The molecule has 8 rings (SSSR count). The quantitative estimate of drug-likeness (QED) is 0.216. The first-order chi connectivity index (χ1) is 21.9. The number of halogens is 3. The first-order valence-corrected chi connectivity index (χ1v) is 15.9. The van der Waals surface area contributed by atoms with Crippen molar-refractivity contribution in [3.05, 3.63) is 65.7 Å². The van der Waals surface area contributed by atoms with Gasteiger partial charge in [0, 0.05) is 31.5 Å². The number of alkyl halides is 3. The molecule has 0 saturated heterocycles. The molecule has 0 spiro atoms. The summed E-state index contributed by atoms with van der Waals surface area (Å²) in [6.45, 7) is 4.05. The van der Waals surface area contributed by atoms with Gasteiger partial charge in [-0.3, -0.25) is 14.0 Å². The molecular weight excluding hydrogens is 628 g/mol. The maximum absolute atomic E-state index is 14.1. The molecule has 244 valence electrons. The second-order valence-electron chi connectivity index (χ2n) is 10.5. The standard InChI is InChI=1S/C29H32F3N8O5P/c1-17(2)45-46(42)16-18-6-7-22(24(12-18)43-4)38-28-34-14-20(29(30,31)32)26(39-28)37-23-9-8-21(36-25(23)27(41)33-3)19-13-35-40(15-19)10-5-11-44-46/h6-9,12-15,17H,5,10-11,16H2,1-4H3,(H,33,41)(H2,34,37,38,39)/t46-/m0/s1. The summed E-state index contributed by atoms with van der Waals surface area (Å²) in [4.78, 5) is 25.2. The highest BCUT2D eigenvalue weighted by Crippen LogP contribution is 2.53. The van der Waals surface area contributed by atoms with Crippen LogP contribution in [0.25, 0.3) is 11.3 Å². The van der Waals surface area contributed by atoms with Crippen molar-refractivity contribution in [2.75, 3.05) is 31.4 Å². The molecule has 3 aromatic heterocycles. The van der Waals surface area contributed by atoms with Crippen molar-refractivity contribution in [2.24, 2.45) is 0 Å². The first-order valence-electron chi connectivity index (χ1n) is 14.2. The number of amides is 1. The maximum atomic E-state index is 14.1. The van der Waals surface area contributed by atoms with Crippen molar-refractivity contribution in [1.29, 1.82) is 0 Å². The van der Waals surface area contributed by atoms with Crippen LogP contribution in [0.2, 0.25) is 0 Å². The minimum atomic E-state index is -4.83. The molecule has 0 fully saturated rings. The van der Waals surface area contributed by atoms with Crippen LogP contribution >= 0.6 is 7.60 Å². The Labute approximate surface area is 262 Å². The van der Waals surface area contributed by atoms with Crippen LogP contribution in [0.4, 0.5) is 36.3 Å². The van der Waals surface area contributed by atoms with Crippen LogP contribution in [0.1, 0.15) is 41.9 Å². The molecule has 4 aromatic rings. The minimum Gasteiger partial charge on any atom is -0.495 e. The average Bonchev–Trinajstić information content (AvgIpc) is 3.47. The van der Waals surface area contributed by atoms with Crippen molar-refractivity contribution in [2.45, 2.75) is 45.3 Å². The lowest BCUT2D eigenvalue weighted by atomic mass is 10.1. The molecular formula is C29H32F3N8O5P. The summed E-state index contributed by atoms with van der Waals surface area (Å²) in [6, 6.07) is 7.85. The molecule has 3 N–H and O–H groups in total. The summed E-state index contributed by atoms with van der Waals surface area (Å²) < 4.78 is 74.7. The molecule has 7 heterocycles. The molecule has 0 unspecified atom stereocenters. The number of anilines is 4. The number of nitrogens with zero attached hydrogens (tertiary/aromatic N) is 5. The van der Waals surface area contributed by atoms with Gasteiger partial charge in [0.1, 0.15) is 17.1 Å². The molecule has 0 radical (unpaired) electrons. The van der Waals surface area contributed by atoms with Crippen LogP contribution < -0.4 is 20.7 Å². The van der Waals surface area contributed by atoms with E-state index in [4.69, 9.17) is 13.8 Å². The van der Waals surface area contributed by atoms with Crippen LogP contribution in [0.5, 0.6) is 5.75 Å². The maximum Gasteiger partial charge on any atom is 0.421 e. The lowest BCUT2D eigenvalue weighted by Crippen LogP contribution is -2.21. The number of aromatic nitrogens is 5. The molecule has 0 aliphatic carbocycles. The van der Waals surface area contributed by atoms with Crippen molar-refractivity contribution in [3.8, 4) is 17.0 Å². The zero-order valence-corrected chi connectivity index (χ0v) is 26.3. The van der Waals surface area contributed by atoms with Crippen LogP contribution in [-0.2, 0) is 32.5 Å². The van der Waals surface area contributed by atoms with Crippen molar-refractivity contribution < 1.29 is 36.3 Å². The third-order valence-corrected chi connectivity index (χ3v) is 8.76. The van der Waals surface area contributed by atoms with Crippen molar-refractivity contribution in [3.63, 3.8) is 0 Å². The number of benzene rings is 1.